The van der Waals surface area contributed by atoms with E-state index in [4.69, 9.17) is 0 Å². The van der Waals surface area contributed by atoms with E-state index in [9.17, 15) is 14.7 Å². The first kappa shape index (κ1) is 15.5. The number of carbonyl (C=O) groups excluding carboxylic acids is 2. The number of amides is 2. The lowest BCUT2D eigenvalue weighted by atomic mass is 9.81. The fraction of sp³-hybridized carbons (Fsp3) is 0.765. The van der Waals surface area contributed by atoms with Gasteiger partial charge >= 0.3 is 0 Å². The van der Waals surface area contributed by atoms with Crippen LogP contribution in [0.25, 0.3) is 0 Å². The number of hydrogen-bond donors (Lipinski definition) is 1. The van der Waals surface area contributed by atoms with Crippen molar-refractivity contribution in [2.75, 3.05) is 26.2 Å². The van der Waals surface area contributed by atoms with Crippen LogP contribution in [0, 0.1) is 17.8 Å². The highest BCUT2D eigenvalue weighted by atomic mass is 16.3. The molecule has 122 valence electrons. The van der Waals surface area contributed by atoms with Gasteiger partial charge in [-0.1, -0.05) is 32.3 Å². The van der Waals surface area contributed by atoms with E-state index in [2.05, 4.69) is 6.58 Å². The molecular formula is C17H26N2O3. The van der Waals surface area contributed by atoms with Crippen LogP contribution in [-0.4, -0.2) is 59.0 Å². The SMILES string of the molecule is C=CC(=O)N1CC(C(=O)N2CC[C@@H](O)[C@H](C3CCCC3)C2)C1. The highest BCUT2D eigenvalue weighted by Gasteiger charge is 2.41. The van der Waals surface area contributed by atoms with Gasteiger partial charge in [0.1, 0.15) is 0 Å². The predicted octanol–water partition coefficient (Wildman–Crippen LogP) is 1.03. The smallest absolute Gasteiger partial charge is 0.246 e. The maximum atomic E-state index is 12.6. The zero-order valence-corrected chi connectivity index (χ0v) is 13.1. The number of aliphatic hydroxyl groups is 1. The third-order valence-electron chi connectivity index (χ3n) is 5.65. The third-order valence-corrected chi connectivity index (χ3v) is 5.65. The summed E-state index contributed by atoms with van der Waals surface area (Å²) >= 11 is 0. The van der Waals surface area contributed by atoms with Crippen molar-refractivity contribution in [3.63, 3.8) is 0 Å². The second-order valence-electron chi connectivity index (χ2n) is 6.99. The summed E-state index contributed by atoms with van der Waals surface area (Å²) < 4.78 is 0. The molecular weight excluding hydrogens is 280 g/mol. The molecule has 2 heterocycles. The number of aliphatic hydroxyl groups excluding tert-OH is 1. The Hall–Kier alpha value is -1.36. The molecule has 0 unspecified atom stereocenters. The summed E-state index contributed by atoms with van der Waals surface area (Å²) in [5, 5.41) is 10.3. The molecule has 5 nitrogen and oxygen atoms in total. The van der Waals surface area contributed by atoms with Crippen molar-refractivity contribution in [3.8, 4) is 0 Å². The summed E-state index contributed by atoms with van der Waals surface area (Å²) in [4.78, 5) is 27.6. The largest absolute Gasteiger partial charge is 0.393 e. The molecule has 2 amide bonds. The summed E-state index contributed by atoms with van der Waals surface area (Å²) in [6.07, 6.45) is 6.62. The van der Waals surface area contributed by atoms with Gasteiger partial charge in [-0.2, -0.15) is 0 Å². The molecule has 1 N–H and O–H groups in total. The predicted molar refractivity (Wildman–Crippen MR) is 82.9 cm³/mol. The van der Waals surface area contributed by atoms with Gasteiger partial charge in [-0.25, -0.2) is 0 Å². The van der Waals surface area contributed by atoms with Crippen LogP contribution in [0.15, 0.2) is 12.7 Å². The number of likely N-dealkylation sites (tertiary alicyclic amines) is 2. The molecule has 0 radical (unpaired) electrons. The molecule has 0 aromatic rings. The van der Waals surface area contributed by atoms with E-state index < -0.39 is 0 Å². The zero-order chi connectivity index (χ0) is 15.7. The average molecular weight is 306 g/mol. The Morgan fingerprint density at radius 3 is 2.36 bits per heavy atom. The maximum absolute atomic E-state index is 12.6. The Morgan fingerprint density at radius 1 is 1.05 bits per heavy atom. The molecule has 3 aliphatic rings. The first-order valence-corrected chi connectivity index (χ1v) is 8.48. The number of carbonyl (C=O) groups is 2. The minimum atomic E-state index is -0.257. The number of piperidine rings is 1. The molecule has 2 saturated heterocycles. The summed E-state index contributed by atoms with van der Waals surface area (Å²) in [5.41, 5.74) is 0. The van der Waals surface area contributed by atoms with E-state index in [1.165, 1.54) is 31.8 Å². The fourth-order valence-electron chi connectivity index (χ4n) is 4.22. The Balaban J connectivity index is 1.55. The highest BCUT2D eigenvalue weighted by molar-refractivity contribution is 5.90. The van der Waals surface area contributed by atoms with Crippen LogP contribution < -0.4 is 0 Å². The Bertz CT molecular complexity index is 453. The zero-order valence-electron chi connectivity index (χ0n) is 13.1. The molecule has 3 fully saturated rings. The fourth-order valence-corrected chi connectivity index (χ4v) is 4.22. The van der Waals surface area contributed by atoms with E-state index in [0.717, 1.165) is 0 Å². The van der Waals surface area contributed by atoms with Crippen LogP contribution in [0.5, 0.6) is 0 Å². The second kappa shape index (κ2) is 6.41. The van der Waals surface area contributed by atoms with Crippen LogP contribution in [0.4, 0.5) is 0 Å². The minimum Gasteiger partial charge on any atom is -0.393 e. The van der Waals surface area contributed by atoms with Gasteiger partial charge in [-0.05, 0) is 18.4 Å². The lowest BCUT2D eigenvalue weighted by Gasteiger charge is -2.44. The second-order valence-corrected chi connectivity index (χ2v) is 6.99. The molecule has 2 aliphatic heterocycles. The molecule has 0 spiro atoms. The Labute approximate surface area is 132 Å². The molecule has 2 atom stereocenters. The first-order chi connectivity index (χ1) is 10.6. The van der Waals surface area contributed by atoms with Crippen molar-refractivity contribution in [2.24, 2.45) is 17.8 Å². The minimum absolute atomic E-state index is 0.0663. The molecule has 1 aliphatic carbocycles. The van der Waals surface area contributed by atoms with Gasteiger partial charge in [0.15, 0.2) is 0 Å². The summed E-state index contributed by atoms with van der Waals surface area (Å²) in [7, 11) is 0. The molecule has 0 aromatic heterocycles. The number of rotatable bonds is 3. The summed E-state index contributed by atoms with van der Waals surface area (Å²) in [5.74, 6) is 0.811. The van der Waals surface area contributed by atoms with Crippen LogP contribution in [0.3, 0.4) is 0 Å². The topological polar surface area (TPSA) is 60.9 Å². The Kier molecular flexibility index (Phi) is 4.52. The van der Waals surface area contributed by atoms with Crippen molar-refractivity contribution in [2.45, 2.75) is 38.2 Å². The van der Waals surface area contributed by atoms with Crippen LogP contribution >= 0.6 is 0 Å². The van der Waals surface area contributed by atoms with Gasteiger partial charge in [0.05, 0.1) is 12.0 Å². The van der Waals surface area contributed by atoms with Crippen molar-refractivity contribution in [1.82, 2.24) is 9.80 Å². The van der Waals surface area contributed by atoms with Crippen molar-refractivity contribution < 1.29 is 14.7 Å². The van der Waals surface area contributed by atoms with Gasteiger partial charge in [0.2, 0.25) is 11.8 Å². The van der Waals surface area contributed by atoms with Crippen molar-refractivity contribution in [3.05, 3.63) is 12.7 Å². The van der Waals surface area contributed by atoms with Gasteiger partial charge in [-0.15, -0.1) is 0 Å². The lowest BCUT2D eigenvalue weighted by molar-refractivity contribution is -0.149. The quantitative estimate of drug-likeness (QED) is 0.792. The summed E-state index contributed by atoms with van der Waals surface area (Å²) in [6.45, 7) is 5.83. The molecule has 5 heteroatoms. The van der Waals surface area contributed by atoms with Crippen molar-refractivity contribution >= 4 is 11.8 Å². The number of hydrogen-bond acceptors (Lipinski definition) is 3. The van der Waals surface area contributed by atoms with E-state index in [1.54, 1.807) is 4.90 Å². The normalized spacial score (nSPS) is 30.2. The Morgan fingerprint density at radius 2 is 1.73 bits per heavy atom. The lowest BCUT2D eigenvalue weighted by Crippen LogP contribution is -2.58. The van der Waals surface area contributed by atoms with Gasteiger partial charge in [0.25, 0.3) is 0 Å². The highest BCUT2D eigenvalue weighted by Crippen LogP contribution is 2.36. The van der Waals surface area contributed by atoms with Gasteiger partial charge in [0, 0.05) is 32.1 Å². The van der Waals surface area contributed by atoms with Crippen LogP contribution in [-0.2, 0) is 9.59 Å². The first-order valence-electron chi connectivity index (χ1n) is 8.48. The molecule has 3 rings (SSSR count). The van der Waals surface area contributed by atoms with Gasteiger partial charge in [-0.3, -0.25) is 9.59 Å². The molecule has 1 saturated carbocycles. The van der Waals surface area contributed by atoms with E-state index in [1.807, 2.05) is 4.90 Å². The molecule has 0 aromatic carbocycles. The van der Waals surface area contributed by atoms with E-state index in [-0.39, 0.29) is 29.8 Å². The van der Waals surface area contributed by atoms with Crippen molar-refractivity contribution in [1.29, 1.82) is 0 Å². The number of nitrogens with zero attached hydrogens (tertiary/aromatic N) is 2. The maximum Gasteiger partial charge on any atom is 0.246 e. The molecule has 22 heavy (non-hydrogen) atoms. The van der Waals surface area contributed by atoms with Gasteiger partial charge < -0.3 is 14.9 Å². The summed E-state index contributed by atoms with van der Waals surface area (Å²) in [6, 6.07) is 0. The van der Waals surface area contributed by atoms with Crippen LogP contribution in [0.1, 0.15) is 32.1 Å². The molecule has 0 bridgehead atoms. The monoisotopic (exact) mass is 306 g/mol. The third kappa shape index (κ3) is 2.91. The van der Waals surface area contributed by atoms with E-state index in [0.29, 0.717) is 38.5 Å². The van der Waals surface area contributed by atoms with E-state index >= 15 is 0 Å². The standard InChI is InChI=1S/C17H26N2O3/c1-2-16(21)19-9-13(10-19)17(22)18-8-7-15(20)14(11-18)12-5-3-4-6-12/h2,12-15,20H,1,3-11H2/t14-,15+/m0/s1. The van der Waals surface area contributed by atoms with Crippen LogP contribution in [0.2, 0.25) is 0 Å². The average Bonchev–Trinajstić information content (AvgIpc) is 2.99.